The van der Waals surface area contributed by atoms with Crippen LogP contribution in [0.3, 0.4) is 0 Å². The first kappa shape index (κ1) is 27.7. The highest BCUT2D eigenvalue weighted by atomic mass is 16.2. The summed E-state index contributed by atoms with van der Waals surface area (Å²) in [5.41, 5.74) is 5.65. The van der Waals surface area contributed by atoms with E-state index in [0.717, 1.165) is 24.1 Å². The van der Waals surface area contributed by atoms with Crippen LogP contribution in [0.1, 0.15) is 75.4 Å². The molecule has 0 aliphatic carbocycles. The molecule has 1 amide bonds. The maximum atomic E-state index is 13.7. The molecule has 3 nitrogen and oxygen atoms in total. The number of hydrogen-bond donors (Lipinski definition) is 0. The van der Waals surface area contributed by atoms with E-state index in [1.165, 1.54) is 36.0 Å². The minimum atomic E-state index is 0.106. The Morgan fingerprint density at radius 2 is 1.28 bits per heavy atom. The summed E-state index contributed by atoms with van der Waals surface area (Å²) in [5, 5.41) is 0. The van der Waals surface area contributed by atoms with Gasteiger partial charge in [0.25, 0.3) is 5.91 Å². The van der Waals surface area contributed by atoms with E-state index < -0.39 is 0 Å². The molecule has 0 saturated carbocycles. The molecule has 0 N–H and O–H groups in total. The van der Waals surface area contributed by atoms with Crippen LogP contribution in [0, 0.1) is 0 Å². The van der Waals surface area contributed by atoms with Gasteiger partial charge in [0.1, 0.15) is 0 Å². The van der Waals surface area contributed by atoms with Crippen LogP contribution in [0.25, 0.3) is 11.1 Å². The number of carbonyl (C=O) groups is 1. The van der Waals surface area contributed by atoms with Crippen molar-refractivity contribution in [1.29, 1.82) is 0 Å². The van der Waals surface area contributed by atoms with Crippen molar-refractivity contribution in [3.63, 3.8) is 0 Å². The smallest absolute Gasteiger partial charge is 0.254 e. The first-order valence-corrected chi connectivity index (χ1v) is 13.7. The molecular weight excluding hydrogens is 440 g/mol. The molecule has 3 heteroatoms. The van der Waals surface area contributed by atoms with Gasteiger partial charge in [-0.25, -0.2) is 0 Å². The number of unbranched alkanes of at least 4 members (excludes halogenated alkanes) is 2. The van der Waals surface area contributed by atoms with Gasteiger partial charge in [0, 0.05) is 37.3 Å². The maximum absolute atomic E-state index is 13.7. The topological polar surface area (TPSA) is 23.6 Å². The summed E-state index contributed by atoms with van der Waals surface area (Å²) in [6, 6.07) is 28.2. The quantitative estimate of drug-likeness (QED) is 0.231. The van der Waals surface area contributed by atoms with Crippen LogP contribution in [0.15, 0.2) is 78.9 Å². The van der Waals surface area contributed by atoms with E-state index in [2.05, 4.69) is 100 Å². The molecule has 0 radical (unpaired) electrons. The molecule has 0 fully saturated rings. The van der Waals surface area contributed by atoms with E-state index in [0.29, 0.717) is 25.2 Å². The Kier molecular flexibility index (Phi) is 10.8. The summed E-state index contributed by atoms with van der Waals surface area (Å²) in [5.74, 6) is 0.106. The second kappa shape index (κ2) is 14.0. The highest BCUT2D eigenvalue weighted by Gasteiger charge is 2.20. The number of amides is 1. The SMILES string of the molecule is CCCCCc1ccc(C(=O)N(CCN(C(C)C)C(C)C)Cc2ccc(-c3ccccc3)cc2)cc1. The predicted octanol–water partition coefficient (Wildman–Crippen LogP) is 7.85. The predicted molar refractivity (Wildman–Crippen MR) is 153 cm³/mol. The van der Waals surface area contributed by atoms with Gasteiger partial charge in [-0.2, -0.15) is 0 Å². The first-order valence-electron chi connectivity index (χ1n) is 13.7. The summed E-state index contributed by atoms with van der Waals surface area (Å²) < 4.78 is 0. The third kappa shape index (κ3) is 8.06. The molecule has 0 aliphatic rings. The van der Waals surface area contributed by atoms with E-state index in [-0.39, 0.29) is 5.91 Å². The lowest BCUT2D eigenvalue weighted by atomic mass is 10.0. The van der Waals surface area contributed by atoms with Gasteiger partial charge in [-0.05, 0) is 74.9 Å². The van der Waals surface area contributed by atoms with Crippen molar-refractivity contribution in [3.05, 3.63) is 95.6 Å². The Labute approximate surface area is 219 Å². The number of nitrogens with zero attached hydrogens (tertiary/aromatic N) is 2. The molecule has 0 heterocycles. The lowest BCUT2D eigenvalue weighted by Crippen LogP contribution is -2.44. The molecule has 0 aliphatic heterocycles. The van der Waals surface area contributed by atoms with Crippen molar-refractivity contribution in [2.24, 2.45) is 0 Å². The molecule has 3 aromatic rings. The summed E-state index contributed by atoms with van der Waals surface area (Å²) in [4.78, 5) is 18.1. The van der Waals surface area contributed by atoms with E-state index in [9.17, 15) is 4.79 Å². The van der Waals surface area contributed by atoms with E-state index in [1.54, 1.807) is 0 Å². The fourth-order valence-electron chi connectivity index (χ4n) is 4.83. The number of hydrogen-bond acceptors (Lipinski definition) is 2. The molecule has 0 atom stereocenters. The van der Waals surface area contributed by atoms with E-state index >= 15 is 0 Å². The summed E-state index contributed by atoms with van der Waals surface area (Å²) in [6.45, 7) is 13.3. The van der Waals surface area contributed by atoms with Crippen LogP contribution < -0.4 is 0 Å². The van der Waals surface area contributed by atoms with Crippen LogP contribution in [-0.2, 0) is 13.0 Å². The lowest BCUT2D eigenvalue weighted by Gasteiger charge is -2.33. The Morgan fingerprint density at radius 1 is 0.694 bits per heavy atom. The average Bonchev–Trinajstić information content (AvgIpc) is 2.89. The summed E-state index contributed by atoms with van der Waals surface area (Å²) in [6.07, 6.45) is 4.76. The molecule has 3 aromatic carbocycles. The van der Waals surface area contributed by atoms with Crippen molar-refractivity contribution in [1.82, 2.24) is 9.80 Å². The van der Waals surface area contributed by atoms with Crippen molar-refractivity contribution in [2.75, 3.05) is 13.1 Å². The molecule has 36 heavy (non-hydrogen) atoms. The Bertz CT molecular complexity index is 1030. The Balaban J connectivity index is 1.76. The van der Waals surface area contributed by atoms with Gasteiger partial charge in [-0.1, -0.05) is 86.5 Å². The van der Waals surface area contributed by atoms with Crippen molar-refractivity contribution in [3.8, 4) is 11.1 Å². The third-order valence-electron chi connectivity index (χ3n) is 6.95. The first-order chi connectivity index (χ1) is 17.4. The van der Waals surface area contributed by atoms with Crippen LogP contribution in [0.2, 0.25) is 0 Å². The zero-order valence-corrected chi connectivity index (χ0v) is 22.9. The number of aryl methyl sites for hydroxylation is 1. The second-order valence-electron chi connectivity index (χ2n) is 10.4. The molecule has 192 valence electrons. The van der Waals surface area contributed by atoms with E-state index in [1.807, 2.05) is 23.1 Å². The fourth-order valence-corrected chi connectivity index (χ4v) is 4.83. The van der Waals surface area contributed by atoms with E-state index in [4.69, 9.17) is 0 Å². The van der Waals surface area contributed by atoms with Gasteiger partial charge in [-0.15, -0.1) is 0 Å². The minimum absolute atomic E-state index is 0.106. The molecule has 0 saturated heterocycles. The van der Waals surface area contributed by atoms with Crippen LogP contribution in [0.4, 0.5) is 0 Å². The normalized spacial score (nSPS) is 11.4. The number of rotatable bonds is 13. The molecule has 0 bridgehead atoms. The van der Waals surface area contributed by atoms with Crippen molar-refractivity contribution in [2.45, 2.75) is 78.9 Å². The standard InChI is InChI=1S/C33H44N2O/c1-6-7-9-12-28-15-21-32(22-16-28)33(36)34(23-24-35(26(2)3)27(4)5)25-29-17-19-31(20-18-29)30-13-10-8-11-14-30/h8,10-11,13-22,26-27H,6-7,9,12,23-25H2,1-5H3. The van der Waals surface area contributed by atoms with Crippen molar-refractivity contribution < 1.29 is 4.79 Å². The minimum Gasteiger partial charge on any atom is -0.333 e. The largest absolute Gasteiger partial charge is 0.333 e. The highest BCUT2D eigenvalue weighted by Crippen LogP contribution is 2.21. The third-order valence-corrected chi connectivity index (χ3v) is 6.95. The molecule has 0 spiro atoms. The van der Waals surface area contributed by atoms with Gasteiger partial charge in [0.05, 0.1) is 0 Å². The number of benzene rings is 3. The molecule has 0 aromatic heterocycles. The molecule has 3 rings (SSSR count). The maximum Gasteiger partial charge on any atom is 0.254 e. The van der Waals surface area contributed by atoms with Crippen LogP contribution in [0.5, 0.6) is 0 Å². The highest BCUT2D eigenvalue weighted by molar-refractivity contribution is 5.94. The van der Waals surface area contributed by atoms with Gasteiger partial charge < -0.3 is 4.90 Å². The van der Waals surface area contributed by atoms with Gasteiger partial charge >= 0.3 is 0 Å². The zero-order chi connectivity index (χ0) is 25.9. The molecular formula is C33H44N2O. The Morgan fingerprint density at radius 3 is 1.86 bits per heavy atom. The summed E-state index contributed by atoms with van der Waals surface area (Å²) >= 11 is 0. The monoisotopic (exact) mass is 484 g/mol. The van der Waals surface area contributed by atoms with Crippen LogP contribution >= 0.6 is 0 Å². The van der Waals surface area contributed by atoms with Gasteiger partial charge in [0.2, 0.25) is 0 Å². The Hall–Kier alpha value is -2.91. The van der Waals surface area contributed by atoms with Gasteiger partial charge in [-0.3, -0.25) is 9.69 Å². The fraction of sp³-hybridized carbons (Fsp3) is 0.424. The van der Waals surface area contributed by atoms with Crippen LogP contribution in [-0.4, -0.2) is 40.9 Å². The number of carbonyl (C=O) groups excluding carboxylic acids is 1. The van der Waals surface area contributed by atoms with Crippen molar-refractivity contribution >= 4 is 5.91 Å². The summed E-state index contributed by atoms with van der Waals surface area (Å²) in [7, 11) is 0. The molecule has 0 unspecified atom stereocenters. The zero-order valence-electron chi connectivity index (χ0n) is 22.9. The second-order valence-corrected chi connectivity index (χ2v) is 10.4. The lowest BCUT2D eigenvalue weighted by molar-refractivity contribution is 0.0693. The average molecular weight is 485 g/mol. The van der Waals surface area contributed by atoms with Gasteiger partial charge in [0.15, 0.2) is 0 Å².